The Morgan fingerprint density at radius 3 is 2.97 bits per heavy atom. The van der Waals surface area contributed by atoms with Crippen LogP contribution in [-0.2, 0) is 27.1 Å². The van der Waals surface area contributed by atoms with Gasteiger partial charge in [-0.1, -0.05) is 6.07 Å². The van der Waals surface area contributed by atoms with Crippen molar-refractivity contribution in [2.24, 2.45) is 0 Å². The first kappa shape index (κ1) is 26.1. The molecule has 200 valence electrons. The lowest BCUT2D eigenvalue weighted by atomic mass is 9.92. The van der Waals surface area contributed by atoms with Crippen LogP contribution in [0.4, 0.5) is 10.1 Å². The zero-order chi connectivity index (χ0) is 25.6. The van der Waals surface area contributed by atoms with E-state index in [0.29, 0.717) is 37.4 Å². The van der Waals surface area contributed by atoms with Gasteiger partial charge in [0.2, 0.25) is 0 Å². The number of likely N-dealkylation sites (tertiary alicyclic amines) is 1. The Balaban J connectivity index is 1.13. The fraction of sp³-hybridized carbons (Fsp3) is 0.586. The molecule has 1 unspecified atom stereocenters. The van der Waals surface area contributed by atoms with Crippen molar-refractivity contribution >= 4 is 11.7 Å². The normalized spacial score (nSPS) is 22.8. The molecule has 3 aliphatic rings. The number of fused-ring (bicyclic) bond motifs is 1. The molecule has 2 saturated heterocycles. The molecule has 2 N–H and O–H groups in total. The summed E-state index contributed by atoms with van der Waals surface area (Å²) < 4.78 is 26.2. The number of halogens is 1. The summed E-state index contributed by atoms with van der Waals surface area (Å²) in [4.78, 5) is 19.2. The van der Waals surface area contributed by atoms with Crippen LogP contribution in [0.3, 0.4) is 0 Å². The molecule has 37 heavy (non-hydrogen) atoms. The number of hydrogen-bond donors (Lipinski definition) is 2. The first-order chi connectivity index (χ1) is 18.1. The molecule has 3 aliphatic heterocycles. The first-order valence-electron chi connectivity index (χ1n) is 13.8. The summed E-state index contributed by atoms with van der Waals surface area (Å²) in [6.07, 6.45) is 8.37. The molecular formula is C29H38FN3O4. The fourth-order valence-electron chi connectivity index (χ4n) is 5.84. The highest BCUT2D eigenvalue weighted by Crippen LogP contribution is 2.36. The lowest BCUT2D eigenvalue weighted by molar-refractivity contribution is -0.143. The summed E-state index contributed by atoms with van der Waals surface area (Å²) in [6.45, 7) is 3.49. The summed E-state index contributed by atoms with van der Waals surface area (Å²) in [5.41, 5.74) is 4.79. The molecule has 3 atom stereocenters. The van der Waals surface area contributed by atoms with Gasteiger partial charge in [-0.2, -0.15) is 0 Å². The number of rotatable bonds is 10. The molecule has 0 saturated carbocycles. The van der Waals surface area contributed by atoms with Gasteiger partial charge in [0, 0.05) is 38.5 Å². The van der Waals surface area contributed by atoms with E-state index in [9.17, 15) is 14.3 Å². The maximum atomic E-state index is 14.1. The number of aliphatic carboxylic acids is 1. The molecule has 5 rings (SSSR count). The van der Waals surface area contributed by atoms with Crippen LogP contribution in [0.15, 0.2) is 30.3 Å². The average molecular weight is 512 g/mol. The lowest BCUT2D eigenvalue weighted by Gasteiger charge is -2.30. The summed E-state index contributed by atoms with van der Waals surface area (Å²) in [6, 6.07) is 7.86. The van der Waals surface area contributed by atoms with E-state index in [1.54, 1.807) is 6.07 Å². The second kappa shape index (κ2) is 12.3. The molecule has 2 aromatic rings. The van der Waals surface area contributed by atoms with E-state index in [4.69, 9.17) is 14.5 Å². The van der Waals surface area contributed by atoms with Crippen molar-refractivity contribution in [2.75, 3.05) is 38.2 Å². The summed E-state index contributed by atoms with van der Waals surface area (Å²) in [5, 5.41) is 13.6. The van der Waals surface area contributed by atoms with Crippen molar-refractivity contribution in [3.05, 3.63) is 58.7 Å². The number of unbranched alkanes of at least 4 members (excludes halogenated alkanes) is 1. The van der Waals surface area contributed by atoms with E-state index < -0.39 is 12.0 Å². The van der Waals surface area contributed by atoms with Crippen LogP contribution in [-0.4, -0.2) is 59.9 Å². The number of aryl methyl sites for hydroxylation is 2. The minimum Gasteiger partial charge on any atom is -0.480 e. The Morgan fingerprint density at radius 1 is 1.22 bits per heavy atom. The van der Waals surface area contributed by atoms with E-state index in [1.807, 2.05) is 4.90 Å². The van der Waals surface area contributed by atoms with Crippen LogP contribution in [0, 0.1) is 5.82 Å². The molecule has 1 aromatic carbocycles. The number of carbonyl (C=O) groups is 1. The molecule has 2 fully saturated rings. The third kappa shape index (κ3) is 6.48. The van der Waals surface area contributed by atoms with E-state index in [2.05, 4.69) is 17.4 Å². The van der Waals surface area contributed by atoms with Crippen LogP contribution in [0.5, 0.6) is 0 Å². The Labute approximate surface area is 218 Å². The minimum absolute atomic E-state index is 0.00428. The van der Waals surface area contributed by atoms with Crippen LogP contribution < -0.4 is 5.32 Å². The number of nitrogens with zero attached hydrogens (tertiary/aromatic N) is 2. The van der Waals surface area contributed by atoms with Crippen molar-refractivity contribution in [2.45, 2.75) is 76.0 Å². The van der Waals surface area contributed by atoms with Gasteiger partial charge in [-0.15, -0.1) is 0 Å². The van der Waals surface area contributed by atoms with Gasteiger partial charge >= 0.3 is 5.97 Å². The highest BCUT2D eigenvalue weighted by molar-refractivity contribution is 5.76. The van der Waals surface area contributed by atoms with Crippen molar-refractivity contribution < 1.29 is 23.8 Å². The van der Waals surface area contributed by atoms with Gasteiger partial charge < -0.3 is 19.9 Å². The number of carboxylic acid groups (broad SMARTS) is 1. The molecule has 0 spiro atoms. The number of aromatic nitrogens is 1. The van der Waals surface area contributed by atoms with Crippen molar-refractivity contribution in [3.63, 3.8) is 0 Å². The average Bonchev–Trinajstić information content (AvgIpc) is 3.38. The number of hydrogen-bond acceptors (Lipinski definition) is 6. The summed E-state index contributed by atoms with van der Waals surface area (Å²) in [5.74, 6) is -1.28. The second-order valence-electron chi connectivity index (χ2n) is 10.4. The number of anilines is 1. The van der Waals surface area contributed by atoms with Crippen molar-refractivity contribution in [1.29, 1.82) is 0 Å². The van der Waals surface area contributed by atoms with E-state index >= 15 is 0 Å². The topological polar surface area (TPSA) is 83.9 Å². The molecule has 0 radical (unpaired) electrons. The fourth-order valence-corrected chi connectivity index (χ4v) is 5.84. The van der Waals surface area contributed by atoms with Gasteiger partial charge in [0.15, 0.2) is 0 Å². The van der Waals surface area contributed by atoms with Crippen LogP contribution in [0.2, 0.25) is 0 Å². The van der Waals surface area contributed by atoms with E-state index in [0.717, 1.165) is 70.0 Å². The Kier molecular flexibility index (Phi) is 8.69. The number of benzene rings is 1. The van der Waals surface area contributed by atoms with Gasteiger partial charge in [-0.05, 0) is 93.2 Å². The van der Waals surface area contributed by atoms with Crippen molar-refractivity contribution in [3.8, 4) is 0 Å². The molecule has 0 amide bonds. The molecule has 1 aromatic heterocycles. The monoisotopic (exact) mass is 511 g/mol. The van der Waals surface area contributed by atoms with Crippen molar-refractivity contribution in [1.82, 2.24) is 9.88 Å². The predicted octanol–water partition coefficient (Wildman–Crippen LogP) is 5.06. The Morgan fingerprint density at radius 2 is 2.14 bits per heavy atom. The molecular weight excluding hydrogens is 473 g/mol. The molecule has 0 aliphatic carbocycles. The van der Waals surface area contributed by atoms with Gasteiger partial charge in [-0.3, -0.25) is 14.7 Å². The third-order valence-corrected chi connectivity index (χ3v) is 7.76. The zero-order valence-electron chi connectivity index (χ0n) is 21.5. The maximum absolute atomic E-state index is 14.1. The Hall–Kier alpha value is -2.55. The van der Waals surface area contributed by atoms with E-state index in [-0.39, 0.29) is 18.0 Å². The molecule has 0 bridgehead atoms. The molecule has 7 nitrogen and oxygen atoms in total. The van der Waals surface area contributed by atoms with Crippen LogP contribution in [0.1, 0.15) is 79.6 Å². The summed E-state index contributed by atoms with van der Waals surface area (Å²) in [7, 11) is 0. The maximum Gasteiger partial charge on any atom is 0.325 e. The highest BCUT2D eigenvalue weighted by Gasteiger charge is 2.36. The molecule has 4 heterocycles. The van der Waals surface area contributed by atoms with Gasteiger partial charge in [0.1, 0.15) is 11.9 Å². The predicted molar refractivity (Wildman–Crippen MR) is 139 cm³/mol. The standard InChI is InChI=1S/C29H38FN3O4/c30-20-9-11-23(24(18-20)27-8-2-4-17-37-27)28(29(34)35)33-15-13-22(19-33)36-16-3-1-6-21-10-12-25-26(32-21)7-5-14-31-25/h9-12,18,22,27-28,31H,1-8,13-17,19H2,(H,34,35)/t22-,27+,28?/m1/s1. The van der Waals surface area contributed by atoms with Gasteiger partial charge in [0.05, 0.1) is 23.6 Å². The van der Waals surface area contributed by atoms with E-state index in [1.165, 1.54) is 23.5 Å². The van der Waals surface area contributed by atoms with Crippen LogP contribution in [0.25, 0.3) is 0 Å². The van der Waals surface area contributed by atoms with Gasteiger partial charge in [0.25, 0.3) is 0 Å². The number of carboxylic acids is 1. The van der Waals surface area contributed by atoms with Gasteiger partial charge in [-0.25, -0.2) is 4.39 Å². The minimum atomic E-state index is -0.919. The second-order valence-corrected chi connectivity index (χ2v) is 10.4. The smallest absolute Gasteiger partial charge is 0.325 e. The number of ether oxygens (including phenoxy) is 2. The molecule has 8 heteroatoms. The number of nitrogens with one attached hydrogen (secondary N) is 1. The SMILES string of the molecule is O=C(O)C(c1ccc(F)cc1[C@@H]1CCCCO1)N1CC[C@@H](OCCCCc2ccc3c(n2)CCCN3)C1. The zero-order valence-corrected chi connectivity index (χ0v) is 21.5. The lowest BCUT2D eigenvalue weighted by Crippen LogP contribution is -2.34. The number of pyridine rings is 1. The quantitative estimate of drug-likeness (QED) is 0.432. The third-order valence-electron chi connectivity index (χ3n) is 7.76. The highest BCUT2D eigenvalue weighted by atomic mass is 19.1. The first-order valence-corrected chi connectivity index (χ1v) is 13.8. The Bertz CT molecular complexity index is 1080. The van der Waals surface area contributed by atoms with Crippen LogP contribution >= 0.6 is 0 Å². The largest absolute Gasteiger partial charge is 0.480 e. The summed E-state index contributed by atoms with van der Waals surface area (Å²) >= 11 is 0.